The second-order valence-corrected chi connectivity index (χ2v) is 6.50. The van der Waals surface area contributed by atoms with E-state index in [1.807, 2.05) is 60.7 Å². The lowest BCUT2D eigenvalue weighted by Gasteiger charge is -2.24. The Balaban J connectivity index is 2.01. The largest absolute Gasteiger partial charge is 0.382 e. The number of carbonyl (C=O) groups excluding carboxylic acids is 2. The lowest BCUT2D eigenvalue weighted by molar-refractivity contribution is -0.147. The van der Waals surface area contributed by atoms with E-state index in [4.69, 9.17) is 16.2 Å². The highest BCUT2D eigenvalue weighted by molar-refractivity contribution is 5.97. The summed E-state index contributed by atoms with van der Waals surface area (Å²) in [4.78, 5) is 25.1. The lowest BCUT2D eigenvalue weighted by atomic mass is 9.92. The number of ketones is 2. The minimum atomic E-state index is -1.66. The van der Waals surface area contributed by atoms with Gasteiger partial charge < -0.3 is 21.3 Å². The molecule has 0 spiro atoms. The average molecular weight is 370 g/mol. The molecular weight excluding hydrogens is 344 g/mol. The monoisotopic (exact) mass is 370 g/mol. The average Bonchev–Trinajstić information content (AvgIpc) is 2.69. The third-order valence-electron chi connectivity index (χ3n) is 4.44. The molecule has 144 valence electrons. The van der Waals surface area contributed by atoms with Gasteiger partial charge >= 0.3 is 0 Å². The third-order valence-corrected chi connectivity index (χ3v) is 4.44. The standard InChI is InChI=1S/C21H26N2O4/c1-27-21(19(25)17(23)13-15-10-6-3-7-11-15)20(26)18(24)16(22)12-14-8-4-2-5-9-14/h2-11,16-17,20-21,26H,12-13,22-23H2,1H3/t16-,17-,20?,21?/m0/s1. The number of Topliss-reactive ketones (excluding diaryl/α,β-unsaturated/α-hetero) is 2. The summed E-state index contributed by atoms with van der Waals surface area (Å²) in [6.45, 7) is 0. The van der Waals surface area contributed by atoms with Crippen molar-refractivity contribution in [3.8, 4) is 0 Å². The van der Waals surface area contributed by atoms with E-state index in [1.165, 1.54) is 7.11 Å². The number of benzene rings is 2. The highest BCUT2D eigenvalue weighted by atomic mass is 16.5. The van der Waals surface area contributed by atoms with Crippen LogP contribution in [0, 0.1) is 0 Å². The van der Waals surface area contributed by atoms with Gasteiger partial charge in [0.1, 0.15) is 12.2 Å². The van der Waals surface area contributed by atoms with E-state index in [0.717, 1.165) is 11.1 Å². The molecule has 4 atom stereocenters. The Morgan fingerprint density at radius 1 is 0.852 bits per heavy atom. The normalized spacial score (nSPS) is 15.6. The van der Waals surface area contributed by atoms with Gasteiger partial charge in [0.25, 0.3) is 0 Å². The van der Waals surface area contributed by atoms with Crippen LogP contribution in [0.15, 0.2) is 60.7 Å². The molecular formula is C21H26N2O4. The van der Waals surface area contributed by atoms with Gasteiger partial charge in [-0.1, -0.05) is 60.7 Å². The molecule has 0 amide bonds. The first-order valence-electron chi connectivity index (χ1n) is 8.81. The quantitative estimate of drug-likeness (QED) is 0.565. The van der Waals surface area contributed by atoms with Crippen molar-refractivity contribution in [3.63, 3.8) is 0 Å². The Morgan fingerprint density at radius 3 is 1.67 bits per heavy atom. The van der Waals surface area contributed by atoms with Crippen LogP contribution in [0.1, 0.15) is 11.1 Å². The van der Waals surface area contributed by atoms with Crippen molar-refractivity contribution in [2.24, 2.45) is 11.5 Å². The molecule has 5 N–H and O–H groups in total. The van der Waals surface area contributed by atoms with Gasteiger partial charge in [0.05, 0.1) is 12.1 Å². The first-order chi connectivity index (χ1) is 12.9. The SMILES string of the molecule is COC(C(=O)[C@@H](N)Cc1ccccc1)C(O)C(=O)[C@@H](N)Cc1ccccc1. The highest BCUT2D eigenvalue weighted by Gasteiger charge is 2.36. The molecule has 0 aromatic heterocycles. The number of aliphatic hydroxyl groups is 1. The van der Waals surface area contributed by atoms with Gasteiger partial charge in [-0.2, -0.15) is 0 Å². The summed E-state index contributed by atoms with van der Waals surface area (Å²) < 4.78 is 5.10. The van der Waals surface area contributed by atoms with Crippen molar-refractivity contribution >= 4 is 11.6 Å². The van der Waals surface area contributed by atoms with Gasteiger partial charge in [-0.3, -0.25) is 9.59 Å². The second-order valence-electron chi connectivity index (χ2n) is 6.50. The van der Waals surface area contributed by atoms with Gasteiger partial charge in [0, 0.05) is 7.11 Å². The molecule has 6 nitrogen and oxygen atoms in total. The summed E-state index contributed by atoms with van der Waals surface area (Å²) in [7, 11) is 1.26. The Kier molecular flexibility index (Phi) is 7.82. The van der Waals surface area contributed by atoms with Crippen LogP contribution in [-0.2, 0) is 27.2 Å². The third kappa shape index (κ3) is 5.80. The lowest BCUT2D eigenvalue weighted by Crippen LogP contribution is -2.53. The van der Waals surface area contributed by atoms with E-state index < -0.39 is 35.9 Å². The molecule has 2 unspecified atom stereocenters. The van der Waals surface area contributed by atoms with E-state index in [-0.39, 0.29) is 12.8 Å². The predicted molar refractivity (Wildman–Crippen MR) is 103 cm³/mol. The molecule has 0 fully saturated rings. The topological polar surface area (TPSA) is 116 Å². The summed E-state index contributed by atoms with van der Waals surface area (Å²) in [5.74, 6) is -1.18. The summed E-state index contributed by atoms with van der Waals surface area (Å²) >= 11 is 0. The maximum absolute atomic E-state index is 12.6. The molecule has 6 heteroatoms. The first-order valence-corrected chi connectivity index (χ1v) is 8.81. The van der Waals surface area contributed by atoms with Crippen LogP contribution < -0.4 is 11.5 Å². The summed E-state index contributed by atoms with van der Waals surface area (Å²) in [6, 6.07) is 16.7. The van der Waals surface area contributed by atoms with Crippen LogP contribution in [0.25, 0.3) is 0 Å². The van der Waals surface area contributed by atoms with Gasteiger partial charge in [-0.15, -0.1) is 0 Å². The molecule has 0 saturated carbocycles. The van der Waals surface area contributed by atoms with E-state index in [0.29, 0.717) is 0 Å². The van der Waals surface area contributed by atoms with Crippen LogP contribution in [0.3, 0.4) is 0 Å². The fraction of sp³-hybridized carbons (Fsp3) is 0.333. The minimum absolute atomic E-state index is 0.261. The molecule has 2 aromatic carbocycles. The molecule has 2 aromatic rings. The zero-order valence-corrected chi connectivity index (χ0v) is 15.3. The van der Waals surface area contributed by atoms with Gasteiger partial charge in [0.15, 0.2) is 11.6 Å². The molecule has 0 aliphatic carbocycles. The van der Waals surface area contributed by atoms with Crippen LogP contribution >= 0.6 is 0 Å². The number of rotatable bonds is 10. The molecule has 0 bridgehead atoms. The number of aliphatic hydroxyl groups excluding tert-OH is 1. The Hall–Kier alpha value is -2.38. The maximum atomic E-state index is 12.6. The summed E-state index contributed by atoms with van der Waals surface area (Å²) in [5, 5.41) is 10.4. The Labute approximate surface area is 159 Å². The van der Waals surface area contributed by atoms with E-state index in [9.17, 15) is 14.7 Å². The van der Waals surface area contributed by atoms with Gasteiger partial charge in [0.2, 0.25) is 0 Å². The zero-order chi connectivity index (χ0) is 19.8. The fourth-order valence-electron chi connectivity index (χ4n) is 2.92. The van der Waals surface area contributed by atoms with Crippen molar-refractivity contribution in [1.82, 2.24) is 0 Å². The fourth-order valence-corrected chi connectivity index (χ4v) is 2.92. The van der Waals surface area contributed by atoms with E-state index >= 15 is 0 Å². The minimum Gasteiger partial charge on any atom is -0.382 e. The van der Waals surface area contributed by atoms with Crippen molar-refractivity contribution in [1.29, 1.82) is 0 Å². The smallest absolute Gasteiger partial charge is 0.181 e. The molecule has 0 saturated heterocycles. The summed E-state index contributed by atoms with van der Waals surface area (Å²) in [5.41, 5.74) is 13.7. The molecule has 0 radical (unpaired) electrons. The Morgan fingerprint density at radius 2 is 1.26 bits per heavy atom. The van der Waals surface area contributed by atoms with Crippen molar-refractivity contribution < 1.29 is 19.4 Å². The van der Waals surface area contributed by atoms with Crippen molar-refractivity contribution in [2.75, 3.05) is 7.11 Å². The number of carbonyl (C=O) groups is 2. The maximum Gasteiger partial charge on any atom is 0.181 e. The second kappa shape index (κ2) is 10.1. The van der Waals surface area contributed by atoms with E-state index in [2.05, 4.69) is 0 Å². The highest BCUT2D eigenvalue weighted by Crippen LogP contribution is 2.11. The van der Waals surface area contributed by atoms with Gasteiger partial charge in [-0.25, -0.2) is 0 Å². The molecule has 0 heterocycles. The predicted octanol–water partition coefficient (Wildman–Crippen LogP) is 0.641. The number of ether oxygens (including phenoxy) is 1. The van der Waals surface area contributed by atoms with Crippen LogP contribution in [0.2, 0.25) is 0 Å². The molecule has 0 aliphatic rings. The number of methoxy groups -OCH3 is 1. The van der Waals surface area contributed by atoms with E-state index in [1.54, 1.807) is 0 Å². The Bertz CT molecular complexity index is 736. The van der Waals surface area contributed by atoms with Crippen molar-refractivity contribution in [2.45, 2.75) is 37.1 Å². The zero-order valence-electron chi connectivity index (χ0n) is 15.3. The number of hydrogen-bond donors (Lipinski definition) is 3. The molecule has 2 rings (SSSR count). The number of hydrogen-bond acceptors (Lipinski definition) is 6. The van der Waals surface area contributed by atoms with Crippen LogP contribution in [0.5, 0.6) is 0 Å². The molecule has 0 aliphatic heterocycles. The first kappa shape index (κ1) is 20.9. The van der Waals surface area contributed by atoms with Crippen molar-refractivity contribution in [3.05, 3.63) is 71.8 Å². The van der Waals surface area contributed by atoms with Crippen LogP contribution in [-0.4, -0.2) is 48.1 Å². The van der Waals surface area contributed by atoms with Crippen LogP contribution in [0.4, 0.5) is 0 Å². The molecule has 27 heavy (non-hydrogen) atoms. The number of nitrogens with two attached hydrogens (primary N) is 2. The van der Waals surface area contributed by atoms with Gasteiger partial charge in [-0.05, 0) is 24.0 Å². The summed E-state index contributed by atoms with van der Waals surface area (Å²) in [6.07, 6.45) is -2.46.